The van der Waals surface area contributed by atoms with E-state index >= 15 is 0 Å². The maximum absolute atomic E-state index is 12.9. The average Bonchev–Trinajstić information content (AvgIpc) is 2.64. The number of hydrogen-bond donors (Lipinski definition) is 2. The molecule has 0 atom stereocenters. The molecule has 3 N–H and O–H groups in total. The van der Waals surface area contributed by atoms with Crippen LogP contribution in [0.3, 0.4) is 0 Å². The number of nitrogens with one attached hydrogen (secondary N) is 1. The van der Waals surface area contributed by atoms with E-state index in [9.17, 15) is 22.8 Å². The van der Waals surface area contributed by atoms with Gasteiger partial charge in [0.15, 0.2) is 5.78 Å². The summed E-state index contributed by atoms with van der Waals surface area (Å²) in [5.74, 6) is 0.101. The van der Waals surface area contributed by atoms with Gasteiger partial charge in [-0.1, -0.05) is 0 Å². The number of alkyl halides is 3. The molecule has 0 radical (unpaired) electrons. The van der Waals surface area contributed by atoms with Crippen molar-refractivity contribution in [3.8, 4) is 5.75 Å². The van der Waals surface area contributed by atoms with Gasteiger partial charge in [0, 0.05) is 24.2 Å². The van der Waals surface area contributed by atoms with Crippen molar-refractivity contribution in [2.45, 2.75) is 32.5 Å². The van der Waals surface area contributed by atoms with E-state index in [0.29, 0.717) is 17.7 Å². The first kappa shape index (κ1) is 24.5. The number of rotatable bonds is 8. The molecule has 2 aromatic rings. The Labute approximate surface area is 172 Å². The van der Waals surface area contributed by atoms with Gasteiger partial charge in [0.2, 0.25) is 5.91 Å². The summed E-state index contributed by atoms with van der Waals surface area (Å²) in [5, 5.41) is 2.46. The molecule has 0 unspecified atom stereocenters. The van der Waals surface area contributed by atoms with Crippen molar-refractivity contribution in [1.82, 2.24) is 0 Å². The first-order valence-electron chi connectivity index (χ1n) is 8.64. The second-order valence-electron chi connectivity index (χ2n) is 6.20. The van der Waals surface area contributed by atoms with Gasteiger partial charge in [0.25, 0.3) is 0 Å². The lowest BCUT2D eigenvalue weighted by Gasteiger charge is -2.12. The number of ketones is 1. The smallest absolute Gasteiger partial charge is 0.416 e. The topological polar surface area (TPSA) is 81.4 Å². The van der Waals surface area contributed by atoms with Crippen molar-refractivity contribution in [2.75, 3.05) is 11.9 Å². The highest BCUT2D eigenvalue weighted by Crippen LogP contribution is 2.32. The number of amides is 1. The molecule has 0 saturated heterocycles. The number of hydrogen-bond acceptors (Lipinski definition) is 4. The standard InChI is InChI=1S/C20H21F3N2O3.ClH/c1-13(26)15-4-6-18(7-5-15)28-8-2-3-19(27)25-17-10-14(12-24)9-16(11-17)20(21,22)23;/h4-7,9-11H,2-3,8,12,24H2,1H3,(H,25,27);1H. The minimum absolute atomic E-state index is 0. The van der Waals surface area contributed by atoms with Crippen LogP contribution in [0.2, 0.25) is 0 Å². The number of ether oxygens (including phenoxy) is 1. The Morgan fingerprint density at radius 2 is 1.76 bits per heavy atom. The Hall–Kier alpha value is -2.58. The van der Waals surface area contributed by atoms with Crippen molar-refractivity contribution in [3.63, 3.8) is 0 Å². The summed E-state index contributed by atoms with van der Waals surface area (Å²) < 4.78 is 44.2. The summed E-state index contributed by atoms with van der Waals surface area (Å²) in [6.07, 6.45) is -4.06. The van der Waals surface area contributed by atoms with Gasteiger partial charge >= 0.3 is 6.18 Å². The molecule has 2 aromatic carbocycles. The van der Waals surface area contributed by atoms with Gasteiger partial charge in [0.1, 0.15) is 5.75 Å². The molecule has 0 heterocycles. The summed E-state index contributed by atoms with van der Waals surface area (Å²) in [4.78, 5) is 23.2. The van der Waals surface area contributed by atoms with Crippen LogP contribution < -0.4 is 15.8 Å². The van der Waals surface area contributed by atoms with Gasteiger partial charge in [-0.15, -0.1) is 12.4 Å². The number of halogens is 4. The van der Waals surface area contributed by atoms with Crippen molar-refractivity contribution >= 4 is 29.8 Å². The quantitative estimate of drug-likeness (QED) is 0.474. The molecule has 1 amide bonds. The predicted octanol–water partition coefficient (Wildman–Crippen LogP) is 4.59. The number of benzene rings is 2. The molecule has 0 fully saturated rings. The molecule has 2 rings (SSSR count). The van der Waals surface area contributed by atoms with Crippen LogP contribution in [0.4, 0.5) is 18.9 Å². The molecule has 0 aliphatic heterocycles. The molecular formula is C20H22ClF3N2O3. The third kappa shape index (κ3) is 7.75. The van der Waals surface area contributed by atoms with Crippen molar-refractivity contribution < 1.29 is 27.5 Å². The lowest BCUT2D eigenvalue weighted by molar-refractivity contribution is -0.137. The maximum Gasteiger partial charge on any atom is 0.416 e. The molecule has 0 aliphatic carbocycles. The molecular weight excluding hydrogens is 409 g/mol. The van der Waals surface area contributed by atoms with Gasteiger partial charge in [-0.2, -0.15) is 13.2 Å². The van der Waals surface area contributed by atoms with Crippen LogP contribution in [0, 0.1) is 0 Å². The Bertz CT molecular complexity index is 840. The highest BCUT2D eigenvalue weighted by Gasteiger charge is 2.31. The van der Waals surface area contributed by atoms with Crippen LogP contribution in [0.1, 0.15) is 41.3 Å². The molecule has 0 spiro atoms. The molecule has 29 heavy (non-hydrogen) atoms. The molecule has 0 saturated carbocycles. The maximum atomic E-state index is 12.9. The second-order valence-corrected chi connectivity index (χ2v) is 6.20. The fraction of sp³-hybridized carbons (Fsp3) is 0.300. The Kier molecular flexibility index (Phi) is 9.13. The SMILES string of the molecule is CC(=O)c1ccc(OCCCC(=O)Nc2cc(CN)cc(C(F)(F)F)c2)cc1.Cl. The zero-order valence-corrected chi connectivity index (χ0v) is 16.5. The number of nitrogens with two attached hydrogens (primary N) is 1. The van der Waals surface area contributed by atoms with Gasteiger partial charge < -0.3 is 15.8 Å². The van der Waals surface area contributed by atoms with E-state index in [-0.39, 0.29) is 49.0 Å². The van der Waals surface area contributed by atoms with Gasteiger partial charge in [0.05, 0.1) is 12.2 Å². The summed E-state index contributed by atoms with van der Waals surface area (Å²) in [6.45, 7) is 1.65. The number of carbonyl (C=O) groups excluding carboxylic acids is 2. The Morgan fingerprint density at radius 3 is 2.31 bits per heavy atom. The zero-order valence-electron chi connectivity index (χ0n) is 15.7. The lowest BCUT2D eigenvalue weighted by atomic mass is 10.1. The van der Waals surface area contributed by atoms with E-state index in [1.54, 1.807) is 24.3 Å². The third-order valence-corrected chi connectivity index (χ3v) is 3.92. The summed E-state index contributed by atoms with van der Waals surface area (Å²) in [7, 11) is 0. The van der Waals surface area contributed by atoms with E-state index < -0.39 is 17.6 Å². The second kappa shape index (κ2) is 10.8. The van der Waals surface area contributed by atoms with Crippen molar-refractivity contribution in [1.29, 1.82) is 0 Å². The van der Waals surface area contributed by atoms with Crippen LogP contribution in [-0.4, -0.2) is 18.3 Å². The normalized spacial score (nSPS) is 10.8. The van der Waals surface area contributed by atoms with Crippen LogP contribution >= 0.6 is 12.4 Å². The fourth-order valence-corrected chi connectivity index (χ4v) is 2.48. The minimum Gasteiger partial charge on any atom is -0.494 e. The number of anilines is 1. The molecule has 0 bridgehead atoms. The summed E-state index contributed by atoms with van der Waals surface area (Å²) in [5.41, 5.74) is 5.48. The van der Waals surface area contributed by atoms with Crippen molar-refractivity contribution in [2.24, 2.45) is 5.73 Å². The van der Waals surface area contributed by atoms with E-state index in [2.05, 4.69) is 5.32 Å². The first-order chi connectivity index (χ1) is 13.2. The van der Waals surface area contributed by atoms with E-state index in [1.807, 2.05) is 0 Å². The van der Waals surface area contributed by atoms with Crippen molar-refractivity contribution in [3.05, 3.63) is 59.2 Å². The highest BCUT2D eigenvalue weighted by molar-refractivity contribution is 5.94. The molecule has 0 aromatic heterocycles. The number of Topliss-reactive ketones (excluding diaryl/α,β-unsaturated/α-hetero) is 1. The average molecular weight is 431 g/mol. The van der Waals surface area contributed by atoms with Crippen LogP contribution in [-0.2, 0) is 17.5 Å². The summed E-state index contributed by atoms with van der Waals surface area (Å²) in [6, 6.07) is 9.87. The van der Waals surface area contributed by atoms with Gasteiger partial charge in [-0.25, -0.2) is 0 Å². The number of carbonyl (C=O) groups is 2. The third-order valence-electron chi connectivity index (χ3n) is 3.92. The van der Waals surface area contributed by atoms with Gasteiger partial charge in [-0.05, 0) is 61.4 Å². The molecule has 158 valence electrons. The van der Waals surface area contributed by atoms with Crippen LogP contribution in [0.5, 0.6) is 5.75 Å². The fourth-order valence-electron chi connectivity index (χ4n) is 2.48. The van der Waals surface area contributed by atoms with Crippen LogP contribution in [0.25, 0.3) is 0 Å². The largest absolute Gasteiger partial charge is 0.494 e. The minimum atomic E-state index is -4.52. The Balaban J connectivity index is 0.00000420. The van der Waals surface area contributed by atoms with E-state index in [0.717, 1.165) is 12.1 Å². The predicted molar refractivity (Wildman–Crippen MR) is 106 cm³/mol. The van der Waals surface area contributed by atoms with E-state index in [1.165, 1.54) is 13.0 Å². The summed E-state index contributed by atoms with van der Waals surface area (Å²) >= 11 is 0. The van der Waals surface area contributed by atoms with Crippen LogP contribution in [0.15, 0.2) is 42.5 Å². The monoisotopic (exact) mass is 430 g/mol. The molecule has 5 nitrogen and oxygen atoms in total. The lowest BCUT2D eigenvalue weighted by Crippen LogP contribution is -2.15. The van der Waals surface area contributed by atoms with E-state index in [4.69, 9.17) is 10.5 Å². The first-order valence-corrected chi connectivity index (χ1v) is 8.64. The zero-order chi connectivity index (χ0) is 20.7. The molecule has 9 heteroatoms. The molecule has 0 aliphatic rings. The van der Waals surface area contributed by atoms with Gasteiger partial charge in [-0.3, -0.25) is 9.59 Å². The Morgan fingerprint density at radius 1 is 1.10 bits per heavy atom. The highest BCUT2D eigenvalue weighted by atomic mass is 35.5.